The number of hydrogen-bond acceptors (Lipinski definition) is 7. The second-order valence-electron chi connectivity index (χ2n) is 8.06. The molecule has 3 heterocycles. The van der Waals surface area contributed by atoms with Gasteiger partial charge in [0, 0.05) is 35.4 Å². The summed E-state index contributed by atoms with van der Waals surface area (Å²) in [5, 5.41) is 12.8. The molecule has 1 aromatic carbocycles. The third-order valence-electron chi connectivity index (χ3n) is 5.33. The van der Waals surface area contributed by atoms with Gasteiger partial charge in [-0.15, -0.1) is 0 Å². The average Bonchev–Trinajstić information content (AvgIpc) is 3.37. The highest BCUT2D eigenvalue weighted by atomic mass is 35.5. The van der Waals surface area contributed by atoms with Crippen molar-refractivity contribution in [1.82, 2.24) is 25.2 Å². The Kier molecular flexibility index (Phi) is 5.09. The first-order valence-electron chi connectivity index (χ1n) is 10.1. The lowest BCUT2D eigenvalue weighted by Gasteiger charge is -2.11. The summed E-state index contributed by atoms with van der Waals surface area (Å²) in [5.41, 5.74) is 2.57. The van der Waals surface area contributed by atoms with Crippen LogP contribution < -0.4 is 16.0 Å². The van der Waals surface area contributed by atoms with Crippen LogP contribution in [0.3, 0.4) is 0 Å². The lowest BCUT2D eigenvalue weighted by molar-refractivity contribution is -0.115. The molecule has 0 radical (unpaired) electrons. The van der Waals surface area contributed by atoms with E-state index < -0.39 is 21.8 Å². The molecule has 3 N–H and O–H groups in total. The number of urea groups is 1. The van der Waals surface area contributed by atoms with Crippen LogP contribution >= 0.6 is 11.6 Å². The zero-order valence-electron chi connectivity index (χ0n) is 17.4. The summed E-state index contributed by atoms with van der Waals surface area (Å²) in [6, 6.07) is 6.28. The van der Waals surface area contributed by atoms with E-state index in [0.29, 0.717) is 34.4 Å². The SMILES string of the molecule is CS(=O)(=O)c1ccc(Cc2cc(NC3CC3)n3ncc(/C=C4\NC(=O)NC4=O)c3n2)c(Cl)c1. The number of imide groups is 1. The number of sulfone groups is 1. The summed E-state index contributed by atoms with van der Waals surface area (Å²) in [6.45, 7) is 0. The lowest BCUT2D eigenvalue weighted by Crippen LogP contribution is -2.22. The Hall–Kier alpha value is -3.44. The van der Waals surface area contributed by atoms with Crippen molar-refractivity contribution in [2.24, 2.45) is 0 Å². The van der Waals surface area contributed by atoms with Crippen LogP contribution in [-0.2, 0) is 21.1 Å². The van der Waals surface area contributed by atoms with E-state index >= 15 is 0 Å². The van der Waals surface area contributed by atoms with E-state index in [0.717, 1.165) is 30.5 Å². The molecular formula is C21H19ClN6O4S. The molecule has 2 fully saturated rings. The smallest absolute Gasteiger partial charge is 0.326 e. The number of carbonyl (C=O) groups is 2. The number of fused-ring (bicyclic) bond motifs is 1. The van der Waals surface area contributed by atoms with Gasteiger partial charge in [-0.1, -0.05) is 17.7 Å². The predicted octanol–water partition coefficient (Wildman–Crippen LogP) is 2.13. The van der Waals surface area contributed by atoms with Crippen LogP contribution in [0.25, 0.3) is 11.7 Å². The van der Waals surface area contributed by atoms with Crippen molar-refractivity contribution in [3.63, 3.8) is 0 Å². The van der Waals surface area contributed by atoms with Gasteiger partial charge in [0.05, 0.1) is 16.8 Å². The van der Waals surface area contributed by atoms with Crippen LogP contribution in [0.15, 0.2) is 41.1 Å². The van der Waals surface area contributed by atoms with E-state index in [9.17, 15) is 18.0 Å². The van der Waals surface area contributed by atoms with Crippen LogP contribution in [0.4, 0.5) is 10.6 Å². The number of hydrogen-bond donors (Lipinski definition) is 3. The van der Waals surface area contributed by atoms with Gasteiger partial charge in [0.25, 0.3) is 5.91 Å². The van der Waals surface area contributed by atoms with E-state index in [2.05, 4.69) is 21.0 Å². The minimum atomic E-state index is -3.37. The maximum absolute atomic E-state index is 11.9. The molecule has 12 heteroatoms. The Morgan fingerprint density at radius 3 is 2.67 bits per heavy atom. The number of rotatable bonds is 6. The molecule has 0 unspecified atom stereocenters. The van der Waals surface area contributed by atoms with Crippen molar-refractivity contribution in [1.29, 1.82) is 0 Å². The van der Waals surface area contributed by atoms with Crippen LogP contribution in [0, 0.1) is 0 Å². The fourth-order valence-corrected chi connectivity index (χ4v) is 4.46. The Balaban J connectivity index is 1.55. The number of nitrogens with zero attached hydrogens (tertiary/aromatic N) is 3. The molecule has 5 rings (SSSR count). The maximum atomic E-state index is 11.9. The molecule has 0 atom stereocenters. The van der Waals surface area contributed by atoms with E-state index in [1.807, 2.05) is 6.07 Å². The Bertz CT molecular complexity index is 1460. The van der Waals surface area contributed by atoms with Gasteiger partial charge in [0.15, 0.2) is 15.5 Å². The predicted molar refractivity (Wildman–Crippen MR) is 122 cm³/mol. The average molecular weight is 487 g/mol. The van der Waals surface area contributed by atoms with Gasteiger partial charge in [-0.2, -0.15) is 9.61 Å². The number of aromatic nitrogens is 3. The summed E-state index contributed by atoms with van der Waals surface area (Å²) in [7, 11) is -3.37. The first kappa shape index (κ1) is 21.4. The molecule has 3 amide bonds. The molecule has 10 nitrogen and oxygen atoms in total. The highest BCUT2D eigenvalue weighted by Gasteiger charge is 2.25. The quantitative estimate of drug-likeness (QED) is 0.359. The van der Waals surface area contributed by atoms with Crippen molar-refractivity contribution < 1.29 is 18.0 Å². The minimum Gasteiger partial charge on any atom is -0.367 e. The zero-order chi connectivity index (χ0) is 23.3. The summed E-state index contributed by atoms with van der Waals surface area (Å²) < 4.78 is 25.2. The van der Waals surface area contributed by atoms with Gasteiger partial charge >= 0.3 is 6.03 Å². The summed E-state index contributed by atoms with van der Waals surface area (Å²) in [5.74, 6) is 0.218. The molecule has 1 aliphatic heterocycles. The van der Waals surface area contributed by atoms with Gasteiger partial charge in [-0.05, 0) is 36.6 Å². The van der Waals surface area contributed by atoms with E-state index in [1.165, 1.54) is 18.2 Å². The van der Waals surface area contributed by atoms with Crippen molar-refractivity contribution in [2.45, 2.75) is 30.2 Å². The lowest BCUT2D eigenvalue weighted by atomic mass is 10.1. The number of benzene rings is 1. The summed E-state index contributed by atoms with van der Waals surface area (Å²) in [6.07, 6.45) is 6.70. The number of nitrogens with one attached hydrogen (secondary N) is 3. The molecular weight excluding hydrogens is 468 g/mol. The largest absolute Gasteiger partial charge is 0.367 e. The minimum absolute atomic E-state index is 0.109. The third kappa shape index (κ3) is 4.41. The fourth-order valence-electron chi connectivity index (χ4n) is 3.50. The molecule has 3 aromatic rings. The fraction of sp³-hybridized carbons (Fsp3) is 0.238. The molecule has 2 aliphatic rings. The number of carbonyl (C=O) groups excluding carboxylic acids is 2. The Labute approximate surface area is 193 Å². The van der Waals surface area contributed by atoms with Gasteiger partial charge in [0.1, 0.15) is 11.5 Å². The third-order valence-corrected chi connectivity index (χ3v) is 6.79. The van der Waals surface area contributed by atoms with Gasteiger partial charge in [-0.25, -0.2) is 18.2 Å². The Morgan fingerprint density at radius 2 is 2.03 bits per heavy atom. The highest BCUT2D eigenvalue weighted by Crippen LogP contribution is 2.28. The van der Waals surface area contributed by atoms with Crippen LogP contribution in [0.1, 0.15) is 29.7 Å². The van der Waals surface area contributed by atoms with Gasteiger partial charge < -0.3 is 10.6 Å². The number of anilines is 1. The van der Waals surface area contributed by atoms with Crippen molar-refractivity contribution in [2.75, 3.05) is 11.6 Å². The number of amides is 3. The van der Waals surface area contributed by atoms with E-state index in [-0.39, 0.29) is 10.6 Å². The standard InChI is InChI=1S/C21H19ClN6O4S/c1-33(31,32)15-5-2-11(16(22)9-15)6-14-8-18(24-13-3-4-13)28-19(25-14)12(10-23-28)7-17-20(29)27-21(30)26-17/h2,5,7-10,13,24H,3-4,6H2,1H3,(H2,26,27,29,30)/b17-7-. The highest BCUT2D eigenvalue weighted by molar-refractivity contribution is 7.90. The van der Waals surface area contributed by atoms with E-state index in [1.54, 1.807) is 16.8 Å². The first-order valence-corrected chi connectivity index (χ1v) is 12.4. The molecule has 1 saturated carbocycles. The number of halogens is 1. The zero-order valence-corrected chi connectivity index (χ0v) is 19.0. The maximum Gasteiger partial charge on any atom is 0.326 e. The van der Waals surface area contributed by atoms with Crippen molar-refractivity contribution in [3.8, 4) is 0 Å². The molecule has 170 valence electrons. The molecule has 0 bridgehead atoms. The van der Waals surface area contributed by atoms with E-state index in [4.69, 9.17) is 16.6 Å². The Morgan fingerprint density at radius 1 is 1.24 bits per heavy atom. The monoisotopic (exact) mass is 486 g/mol. The first-order chi connectivity index (χ1) is 15.7. The summed E-state index contributed by atoms with van der Waals surface area (Å²) >= 11 is 6.37. The molecule has 0 spiro atoms. The van der Waals surface area contributed by atoms with Crippen molar-refractivity contribution in [3.05, 3.63) is 58.0 Å². The second-order valence-corrected chi connectivity index (χ2v) is 10.5. The topological polar surface area (TPSA) is 135 Å². The van der Waals surface area contributed by atoms with Crippen molar-refractivity contribution >= 4 is 50.9 Å². The molecule has 1 saturated heterocycles. The molecule has 33 heavy (non-hydrogen) atoms. The second kappa shape index (κ2) is 7.85. The normalized spacial score (nSPS) is 17.5. The van der Waals surface area contributed by atoms with Gasteiger partial charge in [0.2, 0.25) is 0 Å². The van der Waals surface area contributed by atoms with Crippen LogP contribution in [0.2, 0.25) is 5.02 Å². The van der Waals surface area contributed by atoms with Gasteiger partial charge in [-0.3, -0.25) is 10.1 Å². The molecule has 2 aromatic heterocycles. The van der Waals surface area contributed by atoms with Crippen LogP contribution in [0.5, 0.6) is 0 Å². The molecule has 1 aliphatic carbocycles. The summed E-state index contributed by atoms with van der Waals surface area (Å²) in [4.78, 5) is 28.2. The van der Waals surface area contributed by atoms with Crippen LogP contribution in [-0.4, -0.2) is 47.3 Å².